The molecule has 1 aromatic heterocycles. The summed E-state index contributed by atoms with van der Waals surface area (Å²) in [5.41, 5.74) is 6.54. The number of aromatic nitrogens is 2. The number of fused-ring (bicyclic) bond motifs is 2. The minimum Gasteiger partial charge on any atom is -0.454 e. The van der Waals surface area contributed by atoms with Crippen molar-refractivity contribution in [2.24, 2.45) is 5.73 Å². The van der Waals surface area contributed by atoms with Crippen LogP contribution in [-0.2, 0) is 12.7 Å². The molecule has 0 saturated carbocycles. The lowest BCUT2D eigenvalue weighted by Crippen LogP contribution is -2.13. The van der Waals surface area contributed by atoms with Crippen LogP contribution in [0.4, 0.5) is 24.8 Å². The molecule has 10 heteroatoms. The number of primary amides is 1. The van der Waals surface area contributed by atoms with E-state index in [1.165, 1.54) is 24.3 Å². The largest absolute Gasteiger partial charge is 0.454 e. The van der Waals surface area contributed by atoms with Crippen molar-refractivity contribution in [1.29, 1.82) is 0 Å². The second-order valence-corrected chi connectivity index (χ2v) is 7.44. The number of ether oxygens (including phenoxy) is 2. The quantitative estimate of drug-likeness (QED) is 0.457. The van der Waals surface area contributed by atoms with Crippen molar-refractivity contribution in [3.63, 3.8) is 0 Å². The average Bonchev–Trinajstić information content (AvgIpc) is 3.37. The fourth-order valence-corrected chi connectivity index (χ4v) is 3.75. The SMILES string of the molecule is NC(=O)c1ccc2c(c1)nc(Nc1ccc3c(c1)OCO3)n2Cc1ccccc1C(F)(F)F. The Bertz CT molecular complexity index is 1380. The number of hydrogen-bond donors (Lipinski definition) is 2. The third-order valence-corrected chi connectivity index (χ3v) is 5.31. The molecule has 3 N–H and O–H groups in total. The molecular weight excluding hydrogens is 437 g/mol. The van der Waals surface area contributed by atoms with Gasteiger partial charge in [0.2, 0.25) is 18.6 Å². The summed E-state index contributed by atoms with van der Waals surface area (Å²) in [6, 6.07) is 15.2. The molecule has 0 fully saturated rings. The number of rotatable bonds is 5. The molecule has 33 heavy (non-hydrogen) atoms. The highest BCUT2D eigenvalue weighted by atomic mass is 19.4. The third-order valence-electron chi connectivity index (χ3n) is 5.31. The first kappa shape index (κ1) is 20.7. The molecule has 4 aromatic rings. The van der Waals surface area contributed by atoms with Gasteiger partial charge in [-0.05, 0) is 42.0 Å². The van der Waals surface area contributed by atoms with Gasteiger partial charge in [0.1, 0.15) is 0 Å². The van der Waals surface area contributed by atoms with Gasteiger partial charge in [-0.1, -0.05) is 18.2 Å². The standard InChI is InChI=1S/C23H17F3N4O3/c24-23(25,26)16-4-2-1-3-14(16)11-30-18-7-5-13(21(27)31)9-17(18)29-22(30)28-15-6-8-19-20(10-15)33-12-32-19/h1-10H,11-12H2,(H2,27,31)(H,28,29). The molecule has 1 aliphatic rings. The maximum absolute atomic E-state index is 13.6. The van der Waals surface area contributed by atoms with E-state index in [1.807, 2.05) is 0 Å². The summed E-state index contributed by atoms with van der Waals surface area (Å²) in [6.45, 7) is 0.0103. The lowest BCUT2D eigenvalue weighted by Gasteiger charge is -2.16. The maximum atomic E-state index is 13.6. The number of anilines is 2. The van der Waals surface area contributed by atoms with E-state index < -0.39 is 17.6 Å². The van der Waals surface area contributed by atoms with Crippen LogP contribution >= 0.6 is 0 Å². The highest BCUT2D eigenvalue weighted by molar-refractivity contribution is 5.96. The van der Waals surface area contributed by atoms with E-state index in [1.54, 1.807) is 34.9 Å². The van der Waals surface area contributed by atoms with E-state index in [2.05, 4.69) is 10.3 Å². The van der Waals surface area contributed by atoms with Gasteiger partial charge in [-0.25, -0.2) is 4.98 Å². The predicted octanol–water partition coefficient (Wildman–Crippen LogP) is 4.67. The highest BCUT2D eigenvalue weighted by Crippen LogP contribution is 2.36. The number of carbonyl (C=O) groups excluding carboxylic acids is 1. The molecule has 3 aromatic carbocycles. The number of alkyl halides is 3. The van der Waals surface area contributed by atoms with Crippen LogP contribution in [-0.4, -0.2) is 22.3 Å². The van der Waals surface area contributed by atoms with Crippen LogP contribution in [0.3, 0.4) is 0 Å². The number of hydrogen-bond acceptors (Lipinski definition) is 5. The number of nitrogens with zero attached hydrogens (tertiary/aromatic N) is 2. The van der Waals surface area contributed by atoms with Crippen LogP contribution in [0, 0.1) is 0 Å². The molecule has 0 saturated heterocycles. The van der Waals surface area contributed by atoms with E-state index >= 15 is 0 Å². The maximum Gasteiger partial charge on any atom is 0.416 e. The smallest absolute Gasteiger partial charge is 0.416 e. The summed E-state index contributed by atoms with van der Waals surface area (Å²) >= 11 is 0. The summed E-state index contributed by atoms with van der Waals surface area (Å²) in [5, 5.41) is 3.14. The number of imidazole rings is 1. The Morgan fingerprint density at radius 1 is 1.06 bits per heavy atom. The van der Waals surface area contributed by atoms with Gasteiger partial charge in [0, 0.05) is 17.3 Å². The monoisotopic (exact) mass is 454 g/mol. The number of benzene rings is 3. The molecule has 0 bridgehead atoms. The summed E-state index contributed by atoms with van der Waals surface area (Å²) in [6.07, 6.45) is -4.50. The van der Waals surface area contributed by atoms with Gasteiger partial charge in [-0.3, -0.25) is 4.79 Å². The van der Waals surface area contributed by atoms with Crippen LogP contribution in [0.1, 0.15) is 21.5 Å². The van der Waals surface area contributed by atoms with Crippen LogP contribution in [0.25, 0.3) is 11.0 Å². The third kappa shape index (κ3) is 3.91. The molecule has 5 rings (SSSR count). The van der Waals surface area contributed by atoms with Crippen molar-refractivity contribution in [2.75, 3.05) is 12.1 Å². The molecule has 1 aliphatic heterocycles. The molecule has 0 unspecified atom stereocenters. The van der Waals surface area contributed by atoms with Gasteiger partial charge in [0.25, 0.3) is 0 Å². The zero-order valence-electron chi connectivity index (χ0n) is 17.0. The Morgan fingerprint density at radius 3 is 2.64 bits per heavy atom. The van der Waals surface area contributed by atoms with Crippen LogP contribution in [0.15, 0.2) is 60.7 Å². The number of nitrogens with two attached hydrogens (primary N) is 1. The van der Waals surface area contributed by atoms with Crippen molar-refractivity contribution >= 4 is 28.6 Å². The fourth-order valence-electron chi connectivity index (χ4n) is 3.75. The van der Waals surface area contributed by atoms with Crippen molar-refractivity contribution in [3.8, 4) is 11.5 Å². The Kier molecular flexibility index (Phi) is 4.85. The van der Waals surface area contributed by atoms with Gasteiger partial charge in [-0.15, -0.1) is 0 Å². The lowest BCUT2D eigenvalue weighted by atomic mass is 10.1. The Morgan fingerprint density at radius 2 is 1.85 bits per heavy atom. The summed E-state index contributed by atoms with van der Waals surface area (Å²) in [5.74, 6) is 0.807. The van der Waals surface area contributed by atoms with Gasteiger partial charge < -0.3 is 25.1 Å². The second kappa shape index (κ2) is 7.73. The Labute approximate surface area is 185 Å². The van der Waals surface area contributed by atoms with Gasteiger partial charge in [0.05, 0.1) is 23.1 Å². The van der Waals surface area contributed by atoms with Crippen LogP contribution < -0.4 is 20.5 Å². The Balaban J connectivity index is 1.61. The molecule has 0 atom stereocenters. The molecule has 0 aliphatic carbocycles. The van der Waals surface area contributed by atoms with Crippen LogP contribution in [0.5, 0.6) is 11.5 Å². The van der Waals surface area contributed by atoms with E-state index in [-0.39, 0.29) is 24.5 Å². The molecule has 2 heterocycles. The van der Waals surface area contributed by atoms with Crippen LogP contribution in [0.2, 0.25) is 0 Å². The molecule has 7 nitrogen and oxygen atoms in total. The topological polar surface area (TPSA) is 91.4 Å². The van der Waals surface area contributed by atoms with Crippen molar-refractivity contribution in [1.82, 2.24) is 9.55 Å². The zero-order chi connectivity index (χ0) is 23.2. The molecule has 0 radical (unpaired) electrons. The molecule has 1 amide bonds. The highest BCUT2D eigenvalue weighted by Gasteiger charge is 2.33. The Hall–Kier alpha value is -4.21. The fraction of sp³-hybridized carbons (Fsp3) is 0.130. The summed E-state index contributed by atoms with van der Waals surface area (Å²) in [7, 11) is 0. The number of halogens is 3. The number of nitrogens with one attached hydrogen (secondary N) is 1. The first-order chi connectivity index (χ1) is 15.8. The van der Waals surface area contributed by atoms with E-state index in [9.17, 15) is 18.0 Å². The summed E-state index contributed by atoms with van der Waals surface area (Å²) < 4.78 is 53.1. The minimum atomic E-state index is -4.50. The van der Waals surface area contributed by atoms with E-state index in [0.29, 0.717) is 34.2 Å². The average molecular weight is 454 g/mol. The number of amides is 1. The van der Waals surface area contributed by atoms with Gasteiger partial charge in [-0.2, -0.15) is 13.2 Å². The van der Waals surface area contributed by atoms with Crippen molar-refractivity contribution in [2.45, 2.75) is 12.7 Å². The molecule has 0 spiro atoms. The van der Waals surface area contributed by atoms with Crippen molar-refractivity contribution in [3.05, 3.63) is 77.4 Å². The molecular formula is C23H17F3N4O3. The first-order valence-electron chi connectivity index (χ1n) is 9.91. The lowest BCUT2D eigenvalue weighted by molar-refractivity contribution is -0.138. The van der Waals surface area contributed by atoms with Crippen molar-refractivity contribution < 1.29 is 27.4 Å². The predicted molar refractivity (Wildman–Crippen MR) is 115 cm³/mol. The minimum absolute atomic E-state index is 0.0806. The first-order valence-corrected chi connectivity index (χ1v) is 9.91. The second-order valence-electron chi connectivity index (χ2n) is 7.44. The van der Waals surface area contributed by atoms with Gasteiger partial charge in [0.15, 0.2) is 11.5 Å². The molecule has 168 valence electrons. The van der Waals surface area contributed by atoms with E-state index in [4.69, 9.17) is 15.2 Å². The number of carbonyl (C=O) groups is 1. The zero-order valence-corrected chi connectivity index (χ0v) is 17.0. The van der Waals surface area contributed by atoms with E-state index in [0.717, 1.165) is 6.07 Å². The normalized spacial score (nSPS) is 12.8. The summed E-state index contributed by atoms with van der Waals surface area (Å²) in [4.78, 5) is 16.1. The van der Waals surface area contributed by atoms with Gasteiger partial charge >= 0.3 is 6.18 Å².